The van der Waals surface area contributed by atoms with Crippen LogP contribution in [0.25, 0.3) is 0 Å². The van der Waals surface area contributed by atoms with Crippen molar-refractivity contribution in [2.75, 3.05) is 6.54 Å². The second kappa shape index (κ2) is 5.77. The van der Waals surface area contributed by atoms with Crippen LogP contribution in [0.4, 0.5) is 0 Å². The van der Waals surface area contributed by atoms with Crippen LogP contribution < -0.4 is 12.4 Å². The van der Waals surface area contributed by atoms with E-state index >= 15 is 0 Å². The van der Waals surface area contributed by atoms with Crippen molar-refractivity contribution in [2.24, 2.45) is 0 Å². The number of rotatable bonds is 4. The maximum absolute atomic E-state index is 9.22. The SMILES string of the molecule is CCCC(C)[N+](O)(O)CC.[Cl-]. The number of quaternary nitrogens is 1. The van der Waals surface area contributed by atoms with Crippen LogP contribution >= 0.6 is 0 Å². The smallest absolute Gasteiger partial charge is 0.149 e. The van der Waals surface area contributed by atoms with Crippen molar-refractivity contribution in [2.45, 2.75) is 39.7 Å². The largest absolute Gasteiger partial charge is 1.00 e. The molecule has 2 N–H and O–H groups in total. The van der Waals surface area contributed by atoms with Gasteiger partial charge in [0, 0.05) is 6.42 Å². The van der Waals surface area contributed by atoms with Gasteiger partial charge in [0.1, 0.15) is 12.6 Å². The molecule has 0 fully saturated rings. The Bertz CT molecular complexity index is 98.4. The minimum atomic E-state index is -0.839. The average molecular weight is 184 g/mol. The van der Waals surface area contributed by atoms with Crippen molar-refractivity contribution in [1.29, 1.82) is 0 Å². The summed E-state index contributed by atoms with van der Waals surface area (Å²) in [7, 11) is 0. The third-order valence-electron chi connectivity index (χ3n) is 1.88. The summed E-state index contributed by atoms with van der Waals surface area (Å²) in [5.74, 6) is 0. The van der Waals surface area contributed by atoms with Gasteiger partial charge in [-0.25, -0.2) is 0 Å². The van der Waals surface area contributed by atoms with E-state index in [0.29, 0.717) is 6.54 Å². The van der Waals surface area contributed by atoms with Gasteiger partial charge >= 0.3 is 0 Å². The van der Waals surface area contributed by atoms with Crippen LogP contribution in [0.15, 0.2) is 0 Å². The molecule has 11 heavy (non-hydrogen) atoms. The van der Waals surface area contributed by atoms with Crippen LogP contribution in [0, 0.1) is 0 Å². The first-order chi connectivity index (χ1) is 4.54. The summed E-state index contributed by atoms with van der Waals surface area (Å²) >= 11 is 0. The molecule has 0 saturated carbocycles. The van der Waals surface area contributed by atoms with E-state index in [1.54, 1.807) is 6.92 Å². The number of hydrogen-bond acceptors (Lipinski definition) is 2. The third-order valence-corrected chi connectivity index (χ3v) is 1.88. The van der Waals surface area contributed by atoms with Crippen LogP contribution in [0.1, 0.15) is 33.6 Å². The zero-order valence-electron chi connectivity index (χ0n) is 7.42. The maximum Gasteiger partial charge on any atom is 0.149 e. The molecule has 0 aromatic heterocycles. The Kier molecular flexibility index (Phi) is 7.21. The lowest BCUT2D eigenvalue weighted by Gasteiger charge is -2.25. The van der Waals surface area contributed by atoms with Crippen molar-refractivity contribution < 1.29 is 27.6 Å². The number of nitrogens with zero attached hydrogens (tertiary/aromatic N) is 1. The molecule has 3 nitrogen and oxygen atoms in total. The van der Waals surface area contributed by atoms with Crippen molar-refractivity contribution in [1.82, 2.24) is 0 Å². The first kappa shape index (κ1) is 13.7. The van der Waals surface area contributed by atoms with Crippen LogP contribution in [-0.4, -0.2) is 27.8 Å². The van der Waals surface area contributed by atoms with Gasteiger partial charge in [0.15, 0.2) is 0 Å². The average Bonchev–Trinajstić information content (AvgIpc) is 1.89. The first-order valence-corrected chi connectivity index (χ1v) is 3.87. The summed E-state index contributed by atoms with van der Waals surface area (Å²) in [6, 6.07) is -0.0741. The molecule has 0 aromatic rings. The summed E-state index contributed by atoms with van der Waals surface area (Å²) in [6.45, 7) is 5.98. The highest BCUT2D eigenvalue weighted by Crippen LogP contribution is 2.09. The van der Waals surface area contributed by atoms with Gasteiger partial charge in [-0.3, -0.25) is 0 Å². The fraction of sp³-hybridized carbons (Fsp3) is 1.00. The molecule has 0 amide bonds. The summed E-state index contributed by atoms with van der Waals surface area (Å²) in [4.78, 5) is -0.839. The van der Waals surface area contributed by atoms with Gasteiger partial charge in [-0.05, 0) is 18.7 Å². The van der Waals surface area contributed by atoms with E-state index in [9.17, 15) is 10.4 Å². The van der Waals surface area contributed by atoms with Gasteiger partial charge in [0.2, 0.25) is 0 Å². The first-order valence-electron chi connectivity index (χ1n) is 3.87. The molecule has 0 radical (unpaired) electrons. The summed E-state index contributed by atoms with van der Waals surface area (Å²) in [5.41, 5.74) is 0. The normalized spacial score (nSPS) is 13.9. The second-order valence-corrected chi connectivity index (χ2v) is 2.74. The zero-order chi connectivity index (χ0) is 8.20. The fourth-order valence-corrected chi connectivity index (χ4v) is 0.936. The molecule has 0 aliphatic carbocycles. The Morgan fingerprint density at radius 1 is 1.27 bits per heavy atom. The van der Waals surface area contributed by atoms with Crippen LogP contribution in [0.5, 0.6) is 0 Å². The lowest BCUT2D eigenvalue weighted by atomic mass is 10.2. The molecular weight excluding hydrogens is 166 g/mol. The molecule has 1 atom stereocenters. The molecule has 0 bridgehead atoms. The van der Waals surface area contributed by atoms with Gasteiger partial charge < -0.3 is 12.4 Å². The Morgan fingerprint density at radius 3 is 2.00 bits per heavy atom. The van der Waals surface area contributed by atoms with E-state index in [1.165, 1.54) is 0 Å². The highest BCUT2D eigenvalue weighted by molar-refractivity contribution is 4.44. The topological polar surface area (TPSA) is 40.5 Å². The molecule has 4 heteroatoms. The molecule has 0 aliphatic heterocycles. The molecule has 0 heterocycles. The van der Waals surface area contributed by atoms with E-state index in [4.69, 9.17) is 0 Å². The van der Waals surface area contributed by atoms with Crippen molar-refractivity contribution >= 4 is 0 Å². The second-order valence-electron chi connectivity index (χ2n) is 2.74. The lowest BCUT2D eigenvalue weighted by molar-refractivity contribution is -1.26. The Balaban J connectivity index is 0. The van der Waals surface area contributed by atoms with E-state index in [-0.39, 0.29) is 18.4 Å². The van der Waals surface area contributed by atoms with Crippen LogP contribution in [-0.2, 0) is 0 Å². The minimum absolute atomic E-state index is 0. The monoisotopic (exact) mass is 183 g/mol. The Hall–Kier alpha value is 0.170. The van der Waals surface area contributed by atoms with Crippen LogP contribution in [0.2, 0.25) is 0 Å². The van der Waals surface area contributed by atoms with Crippen molar-refractivity contribution in [3.8, 4) is 0 Å². The standard InChI is InChI=1S/C7H18NO2.ClH/c1-4-6-7(3)8(9,10)5-2;/h7,9-10H,4-6H2,1-3H3;1H/q+1;/p-1. The van der Waals surface area contributed by atoms with E-state index < -0.39 is 4.81 Å². The number of halogens is 1. The molecular formula is C7H18ClNO2. The lowest BCUT2D eigenvalue weighted by Crippen LogP contribution is -3.00. The maximum atomic E-state index is 9.22. The third kappa shape index (κ3) is 4.58. The predicted octanol–water partition coefficient (Wildman–Crippen LogP) is -1.21. The summed E-state index contributed by atoms with van der Waals surface area (Å²) in [5, 5.41) is 18.4. The number of hydrogen-bond donors (Lipinski definition) is 2. The van der Waals surface area contributed by atoms with E-state index in [0.717, 1.165) is 12.8 Å². The predicted molar refractivity (Wildman–Crippen MR) is 38.7 cm³/mol. The Labute approximate surface area is 74.5 Å². The molecule has 0 spiro atoms. The van der Waals surface area contributed by atoms with Gasteiger partial charge in [0.25, 0.3) is 0 Å². The van der Waals surface area contributed by atoms with Gasteiger partial charge in [0.05, 0.1) is 0 Å². The highest BCUT2D eigenvalue weighted by Gasteiger charge is 2.27. The minimum Gasteiger partial charge on any atom is -1.00 e. The molecule has 0 aromatic carbocycles. The zero-order valence-corrected chi connectivity index (χ0v) is 8.17. The van der Waals surface area contributed by atoms with E-state index in [1.807, 2.05) is 13.8 Å². The molecule has 1 unspecified atom stereocenters. The van der Waals surface area contributed by atoms with Gasteiger partial charge in [-0.1, -0.05) is 13.3 Å². The van der Waals surface area contributed by atoms with Gasteiger partial charge in [-0.15, -0.1) is 0 Å². The number of hydroxylamine groups is 4. The molecule has 0 rings (SSSR count). The quantitative estimate of drug-likeness (QED) is 0.425. The summed E-state index contributed by atoms with van der Waals surface area (Å²) < 4.78 is 0. The molecule has 0 saturated heterocycles. The fourth-order valence-electron chi connectivity index (χ4n) is 0.936. The molecule has 0 aliphatic rings. The molecule has 70 valence electrons. The highest BCUT2D eigenvalue weighted by atomic mass is 35.5. The van der Waals surface area contributed by atoms with Crippen LogP contribution in [0.3, 0.4) is 0 Å². The van der Waals surface area contributed by atoms with Crippen molar-refractivity contribution in [3.63, 3.8) is 0 Å². The van der Waals surface area contributed by atoms with E-state index in [2.05, 4.69) is 0 Å². The Morgan fingerprint density at radius 2 is 1.73 bits per heavy atom. The van der Waals surface area contributed by atoms with Gasteiger partial charge in [-0.2, -0.15) is 10.4 Å². The summed E-state index contributed by atoms with van der Waals surface area (Å²) in [6.07, 6.45) is 1.84. The van der Waals surface area contributed by atoms with Crippen molar-refractivity contribution in [3.05, 3.63) is 0 Å².